The van der Waals surface area contributed by atoms with Gasteiger partial charge in [-0.05, 0) is 51.1 Å². The van der Waals surface area contributed by atoms with Crippen molar-refractivity contribution in [3.8, 4) is 16.9 Å². The summed E-state index contributed by atoms with van der Waals surface area (Å²) in [5.74, 6) is -0.274. The molecule has 1 N–H and O–H groups in total. The fourth-order valence-electron chi connectivity index (χ4n) is 4.35. The number of nitrogens with zero attached hydrogens (tertiary/aromatic N) is 3. The van der Waals surface area contributed by atoms with Crippen molar-refractivity contribution < 1.29 is 4.79 Å². The number of hydrogen-bond acceptors (Lipinski definition) is 3. The zero-order valence-electron chi connectivity index (χ0n) is 20.0. The average molecular weight is 459 g/mol. The third-order valence-electron chi connectivity index (χ3n) is 6.16. The predicted molar refractivity (Wildman–Crippen MR) is 142 cm³/mol. The van der Waals surface area contributed by atoms with Crippen molar-refractivity contribution in [2.75, 3.05) is 0 Å². The lowest BCUT2D eigenvalue weighted by molar-refractivity contribution is 0.0956. The Morgan fingerprint density at radius 3 is 2.37 bits per heavy atom. The van der Waals surface area contributed by atoms with Crippen LogP contribution in [0.15, 0.2) is 96.1 Å². The van der Waals surface area contributed by atoms with Crippen LogP contribution in [-0.2, 0) is 0 Å². The van der Waals surface area contributed by atoms with E-state index in [1.165, 1.54) is 5.56 Å². The maximum absolute atomic E-state index is 13.2. The normalized spacial score (nSPS) is 11.3. The predicted octanol–water partition coefficient (Wildman–Crippen LogP) is 6.38. The van der Waals surface area contributed by atoms with Crippen LogP contribution in [0.2, 0.25) is 0 Å². The van der Waals surface area contributed by atoms with E-state index in [0.29, 0.717) is 5.56 Å². The molecule has 0 aliphatic heterocycles. The quantitative estimate of drug-likeness (QED) is 0.245. The highest BCUT2D eigenvalue weighted by Gasteiger charge is 2.14. The van der Waals surface area contributed by atoms with E-state index in [9.17, 15) is 4.79 Å². The molecule has 0 radical (unpaired) electrons. The highest BCUT2D eigenvalue weighted by Crippen LogP contribution is 2.25. The average Bonchev–Trinajstić information content (AvgIpc) is 3.17. The summed E-state index contributed by atoms with van der Waals surface area (Å²) in [5.41, 5.74) is 11.2. The van der Waals surface area contributed by atoms with Crippen LogP contribution in [0.5, 0.6) is 0 Å². The Hall–Kier alpha value is -4.51. The molecule has 0 saturated carbocycles. The number of aromatic nitrogens is 2. The lowest BCUT2D eigenvalue weighted by atomic mass is 10.0. The number of amides is 1. The van der Waals surface area contributed by atoms with Crippen LogP contribution < -0.4 is 5.43 Å². The Morgan fingerprint density at radius 1 is 0.886 bits per heavy atom. The van der Waals surface area contributed by atoms with Crippen molar-refractivity contribution in [3.05, 3.63) is 119 Å². The number of rotatable bonds is 5. The molecule has 1 amide bonds. The molecule has 172 valence electrons. The van der Waals surface area contributed by atoms with Crippen LogP contribution in [0.25, 0.3) is 27.8 Å². The summed E-state index contributed by atoms with van der Waals surface area (Å²) < 4.78 is 2.19. The Labute approximate surface area is 204 Å². The van der Waals surface area contributed by atoms with Gasteiger partial charge in [-0.15, -0.1) is 0 Å². The van der Waals surface area contributed by atoms with Gasteiger partial charge in [0.1, 0.15) is 0 Å². The molecule has 0 unspecified atom stereocenters. The second kappa shape index (κ2) is 9.39. The van der Waals surface area contributed by atoms with Gasteiger partial charge in [0.2, 0.25) is 0 Å². The van der Waals surface area contributed by atoms with Crippen molar-refractivity contribution >= 4 is 23.0 Å². The summed E-state index contributed by atoms with van der Waals surface area (Å²) in [5, 5.41) is 5.08. The number of aryl methyl sites for hydroxylation is 2. The molecular weight excluding hydrogens is 432 g/mol. The molecule has 35 heavy (non-hydrogen) atoms. The number of fused-ring (bicyclic) bond motifs is 1. The molecule has 0 aliphatic rings. The zero-order valence-corrected chi connectivity index (χ0v) is 20.0. The molecule has 5 rings (SSSR count). The number of para-hydroxylation sites is 1. The van der Waals surface area contributed by atoms with E-state index in [1.54, 1.807) is 6.21 Å². The van der Waals surface area contributed by atoms with Gasteiger partial charge in [-0.3, -0.25) is 4.79 Å². The second-order valence-corrected chi connectivity index (χ2v) is 8.63. The minimum absolute atomic E-state index is 0.274. The summed E-state index contributed by atoms with van der Waals surface area (Å²) >= 11 is 0. The molecule has 0 aliphatic carbocycles. The monoisotopic (exact) mass is 458 g/mol. The minimum atomic E-state index is -0.274. The van der Waals surface area contributed by atoms with E-state index in [2.05, 4.69) is 66.2 Å². The number of nitrogens with one attached hydrogen (secondary N) is 1. The molecule has 2 aromatic heterocycles. The number of carbonyl (C=O) groups is 1. The first-order valence-electron chi connectivity index (χ1n) is 11.6. The van der Waals surface area contributed by atoms with Crippen molar-refractivity contribution in [2.24, 2.45) is 5.10 Å². The third kappa shape index (κ3) is 4.49. The Morgan fingerprint density at radius 2 is 1.60 bits per heavy atom. The zero-order chi connectivity index (χ0) is 24.4. The highest BCUT2D eigenvalue weighted by molar-refractivity contribution is 6.07. The SMILES string of the molecule is Cc1ccc(-n2c(C)cc(C=NNC(=O)c3cc(-c4ccccc4)nc4ccccc34)c2C)cc1. The molecule has 3 aromatic carbocycles. The van der Waals surface area contributed by atoms with Crippen LogP contribution in [0, 0.1) is 20.8 Å². The molecule has 0 atom stereocenters. The Kier molecular flexibility index (Phi) is 5.98. The molecule has 5 aromatic rings. The largest absolute Gasteiger partial charge is 0.318 e. The van der Waals surface area contributed by atoms with E-state index < -0.39 is 0 Å². The molecule has 5 heteroatoms. The number of hydrogen-bond donors (Lipinski definition) is 1. The summed E-state index contributed by atoms with van der Waals surface area (Å²) in [4.78, 5) is 17.9. The molecule has 0 fully saturated rings. The topological polar surface area (TPSA) is 59.3 Å². The molecule has 0 spiro atoms. The summed E-state index contributed by atoms with van der Waals surface area (Å²) in [6.07, 6.45) is 1.70. The van der Waals surface area contributed by atoms with Gasteiger partial charge in [-0.1, -0.05) is 66.2 Å². The van der Waals surface area contributed by atoms with Gasteiger partial charge in [0.25, 0.3) is 5.91 Å². The summed E-state index contributed by atoms with van der Waals surface area (Å²) in [7, 11) is 0. The number of benzene rings is 3. The van der Waals surface area contributed by atoms with Crippen molar-refractivity contribution in [1.29, 1.82) is 0 Å². The molecular formula is C30H26N4O. The van der Waals surface area contributed by atoms with Crippen molar-refractivity contribution in [1.82, 2.24) is 15.0 Å². The smallest absolute Gasteiger partial charge is 0.272 e. The molecule has 2 heterocycles. The molecule has 5 nitrogen and oxygen atoms in total. The lowest BCUT2D eigenvalue weighted by Crippen LogP contribution is -2.18. The highest BCUT2D eigenvalue weighted by atomic mass is 16.2. The first-order chi connectivity index (χ1) is 17.0. The van der Waals surface area contributed by atoms with Crippen LogP contribution in [-0.4, -0.2) is 21.7 Å². The van der Waals surface area contributed by atoms with Gasteiger partial charge >= 0.3 is 0 Å². The first-order valence-corrected chi connectivity index (χ1v) is 11.6. The number of pyridine rings is 1. The van der Waals surface area contributed by atoms with Gasteiger partial charge in [0.15, 0.2) is 0 Å². The van der Waals surface area contributed by atoms with Crippen LogP contribution >= 0.6 is 0 Å². The maximum Gasteiger partial charge on any atom is 0.272 e. The standard InChI is InChI=1S/C30H26N4O/c1-20-13-15-25(16-14-20)34-21(2)17-24(22(34)3)19-31-33-30(35)27-18-29(23-9-5-4-6-10-23)32-28-12-8-7-11-26(27)28/h4-19H,1-3H3,(H,33,35). The fraction of sp³-hybridized carbons (Fsp3) is 0.100. The van der Waals surface area contributed by atoms with E-state index in [1.807, 2.05) is 60.7 Å². The Balaban J connectivity index is 1.43. The van der Waals surface area contributed by atoms with Gasteiger partial charge in [0, 0.05) is 33.6 Å². The maximum atomic E-state index is 13.2. The molecule has 0 saturated heterocycles. The van der Waals surface area contributed by atoms with Gasteiger partial charge < -0.3 is 4.57 Å². The second-order valence-electron chi connectivity index (χ2n) is 8.63. The Bertz CT molecular complexity index is 1550. The molecule has 0 bridgehead atoms. The van der Waals surface area contributed by atoms with Gasteiger partial charge in [0.05, 0.1) is 23.0 Å². The summed E-state index contributed by atoms with van der Waals surface area (Å²) in [6, 6.07) is 29.8. The first kappa shape index (κ1) is 22.3. The third-order valence-corrected chi connectivity index (χ3v) is 6.16. The van der Waals surface area contributed by atoms with Crippen molar-refractivity contribution in [2.45, 2.75) is 20.8 Å². The van der Waals surface area contributed by atoms with Crippen LogP contribution in [0.4, 0.5) is 0 Å². The van der Waals surface area contributed by atoms with Gasteiger partial charge in [-0.25, -0.2) is 10.4 Å². The fourth-order valence-corrected chi connectivity index (χ4v) is 4.35. The van der Waals surface area contributed by atoms with Crippen molar-refractivity contribution in [3.63, 3.8) is 0 Å². The van der Waals surface area contributed by atoms with E-state index in [-0.39, 0.29) is 5.91 Å². The van der Waals surface area contributed by atoms with E-state index in [0.717, 1.165) is 44.8 Å². The van der Waals surface area contributed by atoms with Crippen LogP contribution in [0.3, 0.4) is 0 Å². The van der Waals surface area contributed by atoms with Crippen LogP contribution in [0.1, 0.15) is 32.9 Å². The number of carbonyl (C=O) groups excluding carboxylic acids is 1. The number of hydrazone groups is 1. The van der Waals surface area contributed by atoms with Gasteiger partial charge in [-0.2, -0.15) is 5.10 Å². The lowest BCUT2D eigenvalue weighted by Gasteiger charge is -2.10. The minimum Gasteiger partial charge on any atom is -0.318 e. The van der Waals surface area contributed by atoms with E-state index >= 15 is 0 Å². The van der Waals surface area contributed by atoms with E-state index in [4.69, 9.17) is 4.98 Å². The summed E-state index contributed by atoms with van der Waals surface area (Å²) in [6.45, 7) is 6.20.